The van der Waals surface area contributed by atoms with Crippen LogP contribution in [0.1, 0.15) is 142 Å². The third-order valence-corrected chi connectivity index (χ3v) is 14.1. The van der Waals surface area contributed by atoms with Gasteiger partial charge in [-0.05, 0) is 155 Å². The normalized spacial score (nSPS) is 30.1. The lowest BCUT2D eigenvalue weighted by Gasteiger charge is -2.31. The molecular weight excluding hydrogens is 657 g/mol. The van der Waals surface area contributed by atoms with Crippen molar-refractivity contribution in [1.82, 2.24) is 25.8 Å². The van der Waals surface area contributed by atoms with Crippen molar-refractivity contribution in [2.75, 3.05) is 18.4 Å². The first kappa shape index (κ1) is 34.9. The molecule has 0 radical (unpaired) electrons. The van der Waals surface area contributed by atoms with Gasteiger partial charge in [0, 0.05) is 48.5 Å². The molecule has 2 saturated heterocycles. The van der Waals surface area contributed by atoms with E-state index in [1.807, 2.05) is 24.3 Å². The van der Waals surface area contributed by atoms with Gasteiger partial charge < -0.3 is 21.3 Å². The highest BCUT2D eigenvalue weighted by atomic mass is 16.2. The number of nitrogens with one attached hydrogen (secondary N) is 4. The molecule has 4 N–H and O–H groups in total. The van der Waals surface area contributed by atoms with Crippen molar-refractivity contribution in [3.8, 4) is 0 Å². The quantitative estimate of drug-likeness (QED) is 0.160. The molecule has 4 heterocycles. The summed E-state index contributed by atoms with van der Waals surface area (Å²) >= 11 is 0. The van der Waals surface area contributed by atoms with E-state index in [0.717, 1.165) is 48.8 Å². The Morgan fingerprint density at radius 3 is 1.36 bits per heavy atom. The van der Waals surface area contributed by atoms with E-state index in [4.69, 9.17) is 0 Å². The maximum atomic E-state index is 12.8. The van der Waals surface area contributed by atoms with Gasteiger partial charge in [-0.2, -0.15) is 0 Å². The maximum Gasteiger partial charge on any atom is 0.319 e. The summed E-state index contributed by atoms with van der Waals surface area (Å²) in [6.45, 7) is 2.86. The molecule has 2 aliphatic carbocycles. The summed E-state index contributed by atoms with van der Waals surface area (Å²) in [6.07, 6.45) is 16.7. The number of hydrogen-bond acceptors (Lipinski definition) is 4. The van der Waals surface area contributed by atoms with Crippen molar-refractivity contribution in [1.29, 1.82) is 0 Å². The minimum absolute atomic E-state index is 0.0927. The van der Waals surface area contributed by atoms with Crippen LogP contribution in [-0.4, -0.2) is 47.0 Å². The van der Waals surface area contributed by atoms with E-state index in [-0.39, 0.29) is 24.1 Å². The molecule has 4 aliphatic heterocycles. The standard InChI is InChI=1S/C45H58N6O2/c52-44(47-33-15-9-30(10-16-33)25-27-50-40-21-22-41(50)37-6-2-1-5-36(37)40)46-29-32-13-19-35(20-14-32)49-45(53)48-34-17-11-31(12-18-34)26-28-51-42-23-24-43(51)39-8-4-3-7-38(39)42/h1-8,13-14,19-20,30-31,33-34,40-43H,9-12,15-18,21-29H2,(H2,46,47,52)(H2,48,49,53)/t30?,31?,33?,34?,40-,41+,42-,43+. The van der Waals surface area contributed by atoms with Gasteiger partial charge in [0.15, 0.2) is 0 Å². The van der Waals surface area contributed by atoms with Gasteiger partial charge in [0.25, 0.3) is 0 Å². The topological polar surface area (TPSA) is 88.7 Å². The Morgan fingerprint density at radius 2 is 0.925 bits per heavy atom. The Kier molecular flexibility index (Phi) is 10.2. The highest BCUT2D eigenvalue weighted by Crippen LogP contribution is 2.54. The highest BCUT2D eigenvalue weighted by Gasteiger charge is 2.44. The van der Waals surface area contributed by atoms with Crippen LogP contribution in [0.5, 0.6) is 0 Å². The number of anilines is 1. The summed E-state index contributed by atoms with van der Waals surface area (Å²) < 4.78 is 0. The smallest absolute Gasteiger partial charge is 0.319 e. The van der Waals surface area contributed by atoms with Crippen LogP contribution in [0, 0.1) is 11.8 Å². The van der Waals surface area contributed by atoms with Gasteiger partial charge >= 0.3 is 12.1 Å². The van der Waals surface area contributed by atoms with Crippen LogP contribution in [-0.2, 0) is 6.54 Å². The molecule has 8 heteroatoms. The molecule has 2 saturated carbocycles. The number of nitrogens with zero attached hydrogens (tertiary/aromatic N) is 2. The summed E-state index contributed by atoms with van der Waals surface area (Å²) in [5.41, 5.74) is 8.06. The van der Waals surface area contributed by atoms with E-state index in [2.05, 4.69) is 79.6 Å². The second-order valence-electron chi connectivity index (χ2n) is 17.1. The van der Waals surface area contributed by atoms with Crippen molar-refractivity contribution >= 4 is 17.7 Å². The molecule has 4 amide bonds. The number of amides is 4. The Hall–Kier alpha value is -3.88. The van der Waals surface area contributed by atoms with Crippen molar-refractivity contribution in [2.24, 2.45) is 11.8 Å². The zero-order valence-electron chi connectivity index (χ0n) is 31.3. The Bertz CT molecular complexity index is 1680. The summed E-state index contributed by atoms with van der Waals surface area (Å²) in [5, 5.41) is 12.5. The van der Waals surface area contributed by atoms with Gasteiger partial charge in [-0.1, -0.05) is 60.7 Å². The van der Waals surface area contributed by atoms with Gasteiger partial charge in [-0.25, -0.2) is 9.59 Å². The fourth-order valence-electron chi connectivity index (χ4n) is 11.3. The van der Waals surface area contributed by atoms with Gasteiger partial charge in [-0.15, -0.1) is 0 Å². The minimum Gasteiger partial charge on any atom is -0.335 e. The summed E-state index contributed by atoms with van der Waals surface area (Å²) in [6, 6.07) is 28.7. The zero-order valence-corrected chi connectivity index (χ0v) is 31.3. The molecule has 53 heavy (non-hydrogen) atoms. The number of urea groups is 2. The number of carbonyl (C=O) groups is 2. The summed E-state index contributed by atoms with van der Waals surface area (Å²) in [5.74, 6) is 1.51. The van der Waals surface area contributed by atoms with Gasteiger partial charge in [0.2, 0.25) is 0 Å². The molecule has 0 unspecified atom stereocenters. The van der Waals surface area contributed by atoms with Crippen LogP contribution in [0.3, 0.4) is 0 Å². The molecule has 4 atom stereocenters. The van der Waals surface area contributed by atoms with Gasteiger partial charge in [-0.3, -0.25) is 9.80 Å². The molecule has 9 rings (SSSR count). The van der Waals surface area contributed by atoms with Crippen LogP contribution in [0.25, 0.3) is 0 Å². The van der Waals surface area contributed by atoms with Crippen LogP contribution in [0.2, 0.25) is 0 Å². The van der Waals surface area contributed by atoms with E-state index in [9.17, 15) is 9.59 Å². The number of carbonyl (C=O) groups excluding carboxylic acids is 2. The van der Waals surface area contributed by atoms with Crippen molar-refractivity contribution in [2.45, 2.75) is 133 Å². The second kappa shape index (κ2) is 15.5. The Labute approximate surface area is 315 Å². The predicted octanol–water partition coefficient (Wildman–Crippen LogP) is 9.29. The first-order valence-electron chi connectivity index (χ1n) is 21.0. The monoisotopic (exact) mass is 714 g/mol. The first-order valence-corrected chi connectivity index (χ1v) is 21.0. The molecule has 280 valence electrons. The minimum atomic E-state index is -0.131. The molecule has 3 aromatic rings. The van der Waals surface area contributed by atoms with Crippen molar-refractivity contribution < 1.29 is 9.59 Å². The van der Waals surface area contributed by atoms with E-state index in [1.165, 1.54) is 77.3 Å². The largest absolute Gasteiger partial charge is 0.335 e. The van der Waals surface area contributed by atoms with Crippen LogP contribution >= 0.6 is 0 Å². The molecule has 0 aromatic heterocycles. The average molecular weight is 715 g/mol. The van der Waals surface area contributed by atoms with Crippen LogP contribution < -0.4 is 21.3 Å². The zero-order chi connectivity index (χ0) is 35.7. The molecular formula is C45H58N6O2. The van der Waals surface area contributed by atoms with Crippen LogP contribution in [0.15, 0.2) is 72.8 Å². The number of benzene rings is 3. The van der Waals surface area contributed by atoms with Crippen LogP contribution in [0.4, 0.5) is 15.3 Å². The predicted molar refractivity (Wildman–Crippen MR) is 210 cm³/mol. The molecule has 6 aliphatic rings. The van der Waals surface area contributed by atoms with Crippen molar-refractivity contribution in [3.63, 3.8) is 0 Å². The lowest BCUT2D eigenvalue weighted by Crippen LogP contribution is -2.43. The average Bonchev–Trinajstić information content (AvgIpc) is 3.95. The maximum absolute atomic E-state index is 12.8. The lowest BCUT2D eigenvalue weighted by atomic mass is 9.84. The van der Waals surface area contributed by atoms with E-state index < -0.39 is 0 Å². The SMILES string of the molecule is O=C(NCc1ccc(NC(=O)NC2CCC(CCN3[C@@H]4CC[C@H]3c3ccccc34)CC2)cc1)NC1CCC(CCN2[C@@H]3CC[C@H]2c2ccccc23)CC1. The molecule has 4 bridgehead atoms. The number of hydrogen-bond donors (Lipinski definition) is 4. The molecule has 8 nitrogen and oxygen atoms in total. The lowest BCUT2D eigenvalue weighted by molar-refractivity contribution is 0.185. The third kappa shape index (κ3) is 7.46. The fraction of sp³-hybridized carbons (Fsp3) is 0.556. The number of rotatable bonds is 11. The van der Waals surface area contributed by atoms with E-state index >= 15 is 0 Å². The second-order valence-corrected chi connectivity index (χ2v) is 17.1. The fourth-order valence-corrected chi connectivity index (χ4v) is 11.3. The van der Waals surface area contributed by atoms with Crippen molar-refractivity contribution in [3.05, 3.63) is 101 Å². The summed E-state index contributed by atoms with van der Waals surface area (Å²) in [7, 11) is 0. The highest BCUT2D eigenvalue weighted by molar-refractivity contribution is 5.89. The van der Waals surface area contributed by atoms with E-state index in [0.29, 0.717) is 30.7 Å². The Balaban J connectivity index is 0.634. The van der Waals surface area contributed by atoms with Gasteiger partial charge in [0.1, 0.15) is 0 Å². The molecule has 0 spiro atoms. The Morgan fingerprint density at radius 1 is 0.509 bits per heavy atom. The molecule has 4 fully saturated rings. The summed E-state index contributed by atoms with van der Waals surface area (Å²) in [4.78, 5) is 31.1. The molecule has 3 aromatic carbocycles. The first-order chi connectivity index (χ1) is 26.1. The third-order valence-electron chi connectivity index (χ3n) is 14.1. The number of fused-ring (bicyclic) bond motifs is 10. The van der Waals surface area contributed by atoms with E-state index in [1.54, 1.807) is 22.3 Å². The van der Waals surface area contributed by atoms with Gasteiger partial charge in [0.05, 0.1) is 0 Å².